The molecule has 2 aliphatic rings. The summed E-state index contributed by atoms with van der Waals surface area (Å²) in [5.74, 6) is -1.77. The molecule has 0 spiro atoms. The maximum atomic E-state index is 12.1. The second-order valence-corrected chi connectivity index (χ2v) is 6.54. The van der Waals surface area contributed by atoms with Crippen LogP contribution in [0.3, 0.4) is 0 Å². The Morgan fingerprint density at radius 3 is 2.24 bits per heavy atom. The molecule has 1 atom stereocenters. The third-order valence-corrected chi connectivity index (χ3v) is 4.38. The number of esters is 1. The van der Waals surface area contributed by atoms with Crippen LogP contribution in [-0.4, -0.2) is 40.2 Å². The molecule has 0 aromatic heterocycles. The van der Waals surface area contributed by atoms with Crippen molar-refractivity contribution in [2.75, 3.05) is 13.2 Å². The lowest BCUT2D eigenvalue weighted by atomic mass is 10.1. The van der Waals surface area contributed by atoms with Gasteiger partial charge in [-0.25, -0.2) is 0 Å². The molecule has 3 rings (SSSR count). The number of nitrogens with zero attached hydrogens (tertiary/aromatic N) is 1. The molecule has 2 amide bonds. The van der Waals surface area contributed by atoms with Crippen LogP contribution in [0.5, 0.6) is 0 Å². The van der Waals surface area contributed by atoms with E-state index in [0.29, 0.717) is 17.5 Å². The SMILES string of the molecule is O=C(OCCN1C(=O)c2ccccc2C1=O)C1CC1(Cl)Cl. The molecule has 1 aliphatic heterocycles. The predicted molar refractivity (Wildman–Crippen MR) is 75.3 cm³/mol. The van der Waals surface area contributed by atoms with E-state index >= 15 is 0 Å². The van der Waals surface area contributed by atoms with Crippen molar-refractivity contribution in [3.8, 4) is 0 Å². The number of halogens is 2. The van der Waals surface area contributed by atoms with Gasteiger partial charge in [0.25, 0.3) is 11.8 Å². The van der Waals surface area contributed by atoms with Gasteiger partial charge < -0.3 is 4.74 Å². The van der Waals surface area contributed by atoms with Crippen molar-refractivity contribution in [3.63, 3.8) is 0 Å². The molecule has 0 N–H and O–H groups in total. The number of rotatable bonds is 4. The molecular formula is C14H11Cl2NO4. The lowest BCUT2D eigenvalue weighted by Gasteiger charge is -2.13. The van der Waals surface area contributed by atoms with Gasteiger partial charge in [0.2, 0.25) is 0 Å². The monoisotopic (exact) mass is 327 g/mol. The maximum absolute atomic E-state index is 12.1. The fraction of sp³-hybridized carbons (Fsp3) is 0.357. The molecule has 1 heterocycles. The topological polar surface area (TPSA) is 63.7 Å². The minimum Gasteiger partial charge on any atom is -0.463 e. The number of hydrogen-bond donors (Lipinski definition) is 0. The van der Waals surface area contributed by atoms with Gasteiger partial charge in [-0.15, -0.1) is 23.2 Å². The number of benzene rings is 1. The largest absolute Gasteiger partial charge is 0.463 e. The Labute approximate surface area is 130 Å². The first-order valence-corrected chi connectivity index (χ1v) is 7.17. The molecule has 1 aromatic carbocycles. The molecule has 0 saturated heterocycles. The van der Waals surface area contributed by atoms with E-state index in [1.807, 2.05) is 0 Å². The van der Waals surface area contributed by atoms with E-state index < -0.39 is 16.2 Å². The van der Waals surface area contributed by atoms with Crippen molar-refractivity contribution in [3.05, 3.63) is 35.4 Å². The van der Waals surface area contributed by atoms with Gasteiger partial charge in [-0.3, -0.25) is 19.3 Å². The summed E-state index contributed by atoms with van der Waals surface area (Å²) in [6.07, 6.45) is 0.363. The Balaban J connectivity index is 1.57. The number of ether oxygens (including phenoxy) is 1. The standard InChI is InChI=1S/C14H11Cl2NO4/c15-14(16)7-10(14)13(20)21-6-5-17-11(18)8-3-1-2-4-9(8)12(17)19/h1-4,10H,5-7H2. The minimum atomic E-state index is -1.04. The molecule has 21 heavy (non-hydrogen) atoms. The normalized spacial score (nSPS) is 22.2. The van der Waals surface area contributed by atoms with Crippen LogP contribution in [0.1, 0.15) is 27.1 Å². The lowest BCUT2D eigenvalue weighted by molar-refractivity contribution is -0.145. The third-order valence-electron chi connectivity index (χ3n) is 3.55. The zero-order chi connectivity index (χ0) is 15.2. The number of carbonyl (C=O) groups is 3. The summed E-state index contributed by atoms with van der Waals surface area (Å²) in [6, 6.07) is 6.59. The molecular weight excluding hydrogens is 317 g/mol. The predicted octanol–water partition coefficient (Wildman–Crippen LogP) is 2.02. The Kier molecular flexibility index (Phi) is 3.42. The van der Waals surface area contributed by atoms with E-state index in [4.69, 9.17) is 27.9 Å². The van der Waals surface area contributed by atoms with Gasteiger partial charge >= 0.3 is 5.97 Å². The van der Waals surface area contributed by atoms with E-state index in [1.165, 1.54) is 0 Å². The molecule has 1 aromatic rings. The quantitative estimate of drug-likeness (QED) is 0.482. The molecule has 5 nitrogen and oxygen atoms in total. The minimum absolute atomic E-state index is 0.0162. The van der Waals surface area contributed by atoms with Gasteiger partial charge in [0.1, 0.15) is 10.9 Å². The van der Waals surface area contributed by atoms with Crippen LogP contribution < -0.4 is 0 Å². The molecule has 7 heteroatoms. The van der Waals surface area contributed by atoms with Crippen LogP contribution in [-0.2, 0) is 9.53 Å². The van der Waals surface area contributed by atoms with Gasteiger partial charge in [-0.05, 0) is 18.6 Å². The summed E-state index contributed by atoms with van der Waals surface area (Å²) in [5, 5.41) is 0. The van der Waals surface area contributed by atoms with Gasteiger partial charge in [0, 0.05) is 0 Å². The van der Waals surface area contributed by atoms with Crippen LogP contribution >= 0.6 is 23.2 Å². The average molecular weight is 328 g/mol. The molecule has 1 aliphatic carbocycles. The number of fused-ring (bicyclic) bond motifs is 1. The summed E-state index contributed by atoms with van der Waals surface area (Å²) < 4.78 is 3.97. The molecule has 1 fully saturated rings. The van der Waals surface area contributed by atoms with E-state index in [9.17, 15) is 14.4 Å². The Morgan fingerprint density at radius 1 is 1.24 bits per heavy atom. The van der Waals surface area contributed by atoms with Crippen molar-refractivity contribution in [2.45, 2.75) is 10.8 Å². The van der Waals surface area contributed by atoms with Crippen molar-refractivity contribution in [2.24, 2.45) is 5.92 Å². The number of alkyl halides is 2. The van der Waals surface area contributed by atoms with E-state index in [1.54, 1.807) is 24.3 Å². The highest BCUT2D eigenvalue weighted by molar-refractivity contribution is 6.52. The Bertz CT molecular complexity index is 609. The summed E-state index contributed by atoms with van der Waals surface area (Å²) in [5.41, 5.74) is 0.744. The fourth-order valence-corrected chi connectivity index (χ4v) is 2.74. The van der Waals surface area contributed by atoms with Crippen molar-refractivity contribution in [1.29, 1.82) is 0 Å². The maximum Gasteiger partial charge on any atom is 0.312 e. The van der Waals surface area contributed by atoms with Crippen LogP contribution in [0, 0.1) is 5.92 Å². The van der Waals surface area contributed by atoms with Gasteiger partial charge in [-0.1, -0.05) is 12.1 Å². The highest BCUT2D eigenvalue weighted by Gasteiger charge is 2.57. The third kappa shape index (κ3) is 2.51. The van der Waals surface area contributed by atoms with Gasteiger partial charge in [0.15, 0.2) is 0 Å². The van der Waals surface area contributed by atoms with Crippen LogP contribution in [0.15, 0.2) is 24.3 Å². The van der Waals surface area contributed by atoms with Crippen molar-refractivity contribution < 1.29 is 19.1 Å². The second kappa shape index (κ2) is 5.00. The zero-order valence-electron chi connectivity index (χ0n) is 10.8. The molecule has 0 radical (unpaired) electrons. The Morgan fingerprint density at radius 2 is 1.76 bits per heavy atom. The number of hydrogen-bond acceptors (Lipinski definition) is 4. The van der Waals surface area contributed by atoms with E-state index in [-0.39, 0.29) is 25.0 Å². The number of carbonyl (C=O) groups excluding carboxylic acids is 3. The molecule has 1 unspecified atom stereocenters. The molecule has 110 valence electrons. The molecule has 0 bridgehead atoms. The van der Waals surface area contributed by atoms with Crippen LogP contribution in [0.4, 0.5) is 0 Å². The first-order chi connectivity index (χ1) is 9.92. The summed E-state index contributed by atoms with van der Waals surface area (Å²) in [6.45, 7) is -0.0486. The highest BCUT2D eigenvalue weighted by Crippen LogP contribution is 2.53. The smallest absolute Gasteiger partial charge is 0.312 e. The zero-order valence-corrected chi connectivity index (χ0v) is 12.4. The highest BCUT2D eigenvalue weighted by atomic mass is 35.5. The fourth-order valence-electron chi connectivity index (χ4n) is 2.25. The first kappa shape index (κ1) is 14.4. The van der Waals surface area contributed by atoms with E-state index in [2.05, 4.69) is 0 Å². The van der Waals surface area contributed by atoms with Crippen LogP contribution in [0.25, 0.3) is 0 Å². The van der Waals surface area contributed by atoms with E-state index in [0.717, 1.165) is 4.90 Å². The first-order valence-electron chi connectivity index (χ1n) is 6.41. The van der Waals surface area contributed by atoms with Crippen LogP contribution in [0.2, 0.25) is 0 Å². The number of imide groups is 1. The average Bonchev–Trinajstić information content (AvgIpc) is 3.03. The van der Waals surface area contributed by atoms with Crippen molar-refractivity contribution >= 4 is 41.0 Å². The summed E-state index contributed by atoms with van der Waals surface area (Å²) in [7, 11) is 0. The lowest BCUT2D eigenvalue weighted by Crippen LogP contribution is -2.33. The van der Waals surface area contributed by atoms with Gasteiger partial charge in [-0.2, -0.15) is 0 Å². The molecule has 1 saturated carbocycles. The Hall–Kier alpha value is -1.59. The summed E-state index contributed by atoms with van der Waals surface area (Å²) >= 11 is 11.5. The van der Waals surface area contributed by atoms with Crippen molar-refractivity contribution in [1.82, 2.24) is 4.90 Å². The van der Waals surface area contributed by atoms with Gasteiger partial charge in [0.05, 0.1) is 23.6 Å². The second-order valence-electron chi connectivity index (χ2n) is 4.99. The summed E-state index contributed by atoms with van der Waals surface area (Å²) in [4.78, 5) is 36.8. The number of amides is 2.